The quantitative estimate of drug-likeness (QED) is 0.776. The molecule has 2 aromatic rings. The molecule has 5 heteroatoms. The minimum atomic E-state index is 0.474. The van der Waals surface area contributed by atoms with Crippen LogP contribution in [0.1, 0.15) is 12.5 Å². The van der Waals surface area contributed by atoms with Crippen LogP contribution in [-0.4, -0.2) is 6.54 Å². The van der Waals surface area contributed by atoms with Gasteiger partial charge in [0.2, 0.25) is 0 Å². The molecule has 0 aliphatic heterocycles. The largest absolute Gasteiger partial charge is 0.455 e. The van der Waals surface area contributed by atoms with Crippen LogP contribution < -0.4 is 10.1 Å². The van der Waals surface area contributed by atoms with E-state index < -0.39 is 0 Å². The summed E-state index contributed by atoms with van der Waals surface area (Å²) in [5.41, 5.74) is 0.977. The van der Waals surface area contributed by atoms with E-state index >= 15 is 0 Å². The Balaban J connectivity index is 2.27. The van der Waals surface area contributed by atoms with Crippen molar-refractivity contribution in [3.63, 3.8) is 0 Å². The standard InChI is InChI=1S/C15H14Cl3NO/c1-2-19-9-10-7-11(16)3-5-14(10)20-15-6-4-12(17)8-13(15)18/h3-8,19H,2,9H2,1H3. The third kappa shape index (κ3) is 4.03. The molecule has 2 aromatic carbocycles. The van der Waals surface area contributed by atoms with Gasteiger partial charge in [0.15, 0.2) is 0 Å². The van der Waals surface area contributed by atoms with Crippen molar-refractivity contribution in [2.45, 2.75) is 13.5 Å². The second-order valence-electron chi connectivity index (χ2n) is 4.21. The van der Waals surface area contributed by atoms with Gasteiger partial charge in [-0.25, -0.2) is 0 Å². The second-order valence-corrected chi connectivity index (χ2v) is 5.49. The lowest BCUT2D eigenvalue weighted by Crippen LogP contribution is -2.12. The lowest BCUT2D eigenvalue weighted by molar-refractivity contribution is 0.473. The maximum atomic E-state index is 6.12. The summed E-state index contributed by atoms with van der Waals surface area (Å²) in [4.78, 5) is 0. The molecule has 0 heterocycles. The molecule has 0 fully saturated rings. The Labute approximate surface area is 133 Å². The van der Waals surface area contributed by atoms with Crippen molar-refractivity contribution in [3.8, 4) is 11.5 Å². The maximum absolute atomic E-state index is 6.12. The van der Waals surface area contributed by atoms with E-state index in [2.05, 4.69) is 5.32 Å². The van der Waals surface area contributed by atoms with E-state index in [1.165, 1.54) is 0 Å². The minimum Gasteiger partial charge on any atom is -0.455 e. The van der Waals surface area contributed by atoms with Crippen molar-refractivity contribution in [1.82, 2.24) is 5.32 Å². The molecule has 0 aromatic heterocycles. The fourth-order valence-corrected chi connectivity index (χ4v) is 2.36. The van der Waals surface area contributed by atoms with Crippen LogP contribution in [0.4, 0.5) is 0 Å². The van der Waals surface area contributed by atoms with Gasteiger partial charge in [-0.15, -0.1) is 0 Å². The first-order chi connectivity index (χ1) is 9.60. The molecular formula is C15H14Cl3NO. The highest BCUT2D eigenvalue weighted by Crippen LogP contribution is 2.34. The lowest BCUT2D eigenvalue weighted by Gasteiger charge is -2.13. The smallest absolute Gasteiger partial charge is 0.146 e. The fraction of sp³-hybridized carbons (Fsp3) is 0.200. The summed E-state index contributed by atoms with van der Waals surface area (Å²) >= 11 is 18.0. The van der Waals surface area contributed by atoms with Gasteiger partial charge in [0.05, 0.1) is 5.02 Å². The van der Waals surface area contributed by atoms with E-state index in [1.807, 2.05) is 19.1 Å². The van der Waals surface area contributed by atoms with Crippen LogP contribution in [0.25, 0.3) is 0 Å². The Kier molecular flexibility index (Phi) is 5.55. The summed E-state index contributed by atoms with van der Waals surface area (Å²) in [5, 5.41) is 4.97. The van der Waals surface area contributed by atoms with Crippen molar-refractivity contribution in [2.24, 2.45) is 0 Å². The van der Waals surface area contributed by atoms with Gasteiger partial charge in [-0.2, -0.15) is 0 Å². The Hall–Kier alpha value is -0.930. The summed E-state index contributed by atoms with van der Waals surface area (Å²) in [5.74, 6) is 1.29. The highest BCUT2D eigenvalue weighted by molar-refractivity contribution is 6.35. The molecule has 0 aliphatic carbocycles. The average molecular weight is 331 g/mol. The minimum absolute atomic E-state index is 0.474. The van der Waals surface area contributed by atoms with Gasteiger partial charge in [-0.05, 0) is 42.9 Å². The molecule has 0 aliphatic rings. The molecule has 0 spiro atoms. The van der Waals surface area contributed by atoms with Crippen molar-refractivity contribution in [2.75, 3.05) is 6.54 Å². The van der Waals surface area contributed by atoms with Gasteiger partial charge >= 0.3 is 0 Å². The SMILES string of the molecule is CCNCc1cc(Cl)ccc1Oc1ccc(Cl)cc1Cl. The summed E-state index contributed by atoms with van der Waals surface area (Å²) < 4.78 is 5.86. The molecule has 0 unspecified atom stereocenters. The van der Waals surface area contributed by atoms with Crippen LogP contribution in [0.5, 0.6) is 11.5 Å². The van der Waals surface area contributed by atoms with Crippen molar-refractivity contribution < 1.29 is 4.74 Å². The van der Waals surface area contributed by atoms with E-state index in [-0.39, 0.29) is 0 Å². The Morgan fingerprint density at radius 2 is 1.60 bits per heavy atom. The molecule has 0 saturated heterocycles. The van der Waals surface area contributed by atoms with Gasteiger partial charge in [-0.1, -0.05) is 41.7 Å². The highest BCUT2D eigenvalue weighted by atomic mass is 35.5. The number of rotatable bonds is 5. The lowest BCUT2D eigenvalue weighted by atomic mass is 10.2. The van der Waals surface area contributed by atoms with Crippen LogP contribution >= 0.6 is 34.8 Å². The average Bonchev–Trinajstić information content (AvgIpc) is 2.41. The summed E-state index contributed by atoms with van der Waals surface area (Å²) in [6.07, 6.45) is 0. The zero-order chi connectivity index (χ0) is 14.5. The maximum Gasteiger partial charge on any atom is 0.146 e. The monoisotopic (exact) mass is 329 g/mol. The Bertz CT molecular complexity index is 602. The van der Waals surface area contributed by atoms with Crippen molar-refractivity contribution in [3.05, 3.63) is 57.0 Å². The molecule has 0 saturated carbocycles. The van der Waals surface area contributed by atoms with Crippen LogP contribution in [0.3, 0.4) is 0 Å². The molecule has 20 heavy (non-hydrogen) atoms. The fourth-order valence-electron chi connectivity index (χ4n) is 1.72. The van der Waals surface area contributed by atoms with Gasteiger partial charge in [-0.3, -0.25) is 0 Å². The third-order valence-electron chi connectivity index (χ3n) is 2.70. The third-order valence-corrected chi connectivity index (χ3v) is 3.47. The molecule has 0 radical (unpaired) electrons. The van der Waals surface area contributed by atoms with Crippen molar-refractivity contribution in [1.29, 1.82) is 0 Å². The number of ether oxygens (including phenoxy) is 1. The molecular weight excluding hydrogens is 317 g/mol. The summed E-state index contributed by atoms with van der Waals surface area (Å²) in [6, 6.07) is 10.6. The zero-order valence-corrected chi connectivity index (χ0v) is 13.2. The summed E-state index contributed by atoms with van der Waals surface area (Å²) in [7, 11) is 0. The molecule has 0 bridgehead atoms. The van der Waals surface area contributed by atoms with Gasteiger partial charge in [0.1, 0.15) is 11.5 Å². The van der Waals surface area contributed by atoms with E-state index in [9.17, 15) is 0 Å². The van der Waals surface area contributed by atoms with Crippen LogP contribution in [0.2, 0.25) is 15.1 Å². The molecule has 0 atom stereocenters. The first-order valence-electron chi connectivity index (χ1n) is 6.22. The Morgan fingerprint density at radius 1 is 0.950 bits per heavy atom. The highest BCUT2D eigenvalue weighted by Gasteiger charge is 2.09. The first kappa shape index (κ1) is 15.5. The predicted octanol–water partition coefficient (Wildman–Crippen LogP) is 5.55. The first-order valence-corrected chi connectivity index (χ1v) is 7.35. The van der Waals surface area contributed by atoms with E-state index in [1.54, 1.807) is 24.3 Å². The Morgan fingerprint density at radius 3 is 2.25 bits per heavy atom. The number of benzene rings is 2. The molecule has 2 nitrogen and oxygen atoms in total. The van der Waals surface area contributed by atoms with Crippen molar-refractivity contribution >= 4 is 34.8 Å². The normalized spacial score (nSPS) is 10.6. The predicted molar refractivity (Wildman–Crippen MR) is 85.4 cm³/mol. The summed E-state index contributed by atoms with van der Waals surface area (Å²) in [6.45, 7) is 3.59. The van der Waals surface area contributed by atoms with Gasteiger partial charge in [0, 0.05) is 22.2 Å². The van der Waals surface area contributed by atoms with E-state index in [4.69, 9.17) is 39.5 Å². The number of halogens is 3. The molecule has 106 valence electrons. The van der Waals surface area contributed by atoms with Gasteiger partial charge in [0.25, 0.3) is 0 Å². The molecule has 2 rings (SSSR count). The molecule has 0 amide bonds. The van der Waals surface area contributed by atoms with Crippen LogP contribution in [0, 0.1) is 0 Å². The van der Waals surface area contributed by atoms with E-state index in [0.29, 0.717) is 27.4 Å². The number of hydrogen-bond acceptors (Lipinski definition) is 2. The van der Waals surface area contributed by atoms with Gasteiger partial charge < -0.3 is 10.1 Å². The topological polar surface area (TPSA) is 21.3 Å². The second kappa shape index (κ2) is 7.19. The van der Waals surface area contributed by atoms with Crippen LogP contribution in [0.15, 0.2) is 36.4 Å². The molecule has 1 N–H and O–H groups in total. The van der Waals surface area contributed by atoms with Crippen LogP contribution in [-0.2, 0) is 6.54 Å². The number of hydrogen-bond donors (Lipinski definition) is 1. The zero-order valence-electron chi connectivity index (χ0n) is 10.9. The number of nitrogens with one attached hydrogen (secondary N) is 1. The van der Waals surface area contributed by atoms with E-state index in [0.717, 1.165) is 17.9 Å².